The second kappa shape index (κ2) is 6.18. The average molecular weight is 310 g/mol. The number of hydrazine groups is 1. The summed E-state index contributed by atoms with van der Waals surface area (Å²) in [7, 11) is 0. The Balaban J connectivity index is 1.79. The molecule has 2 aliphatic heterocycles. The molecule has 3 rings (SSSR count). The van der Waals surface area contributed by atoms with Gasteiger partial charge in [-0.1, -0.05) is 26.0 Å². The van der Waals surface area contributed by atoms with E-state index in [9.17, 15) is 0 Å². The highest BCUT2D eigenvalue weighted by atomic mass is 32.2. The van der Waals surface area contributed by atoms with E-state index in [0.717, 1.165) is 29.8 Å². The number of nitrogens with two attached hydrogens (primary N) is 1. The first kappa shape index (κ1) is 14.6. The van der Waals surface area contributed by atoms with E-state index in [1.807, 2.05) is 0 Å². The monoisotopic (exact) mass is 310 g/mol. The SMILES string of the molecule is CC1SCC(C(NN)c2ccc3c(c2)CCO3)SC1C. The Bertz CT molecular complexity index is 483. The molecule has 3 nitrogen and oxygen atoms in total. The molecule has 2 heterocycles. The molecule has 1 fully saturated rings. The highest BCUT2D eigenvalue weighted by Gasteiger charge is 2.32. The number of rotatable bonds is 3. The van der Waals surface area contributed by atoms with Gasteiger partial charge < -0.3 is 4.74 Å². The van der Waals surface area contributed by atoms with Crippen molar-refractivity contribution in [1.29, 1.82) is 0 Å². The van der Waals surface area contributed by atoms with Gasteiger partial charge >= 0.3 is 0 Å². The van der Waals surface area contributed by atoms with Gasteiger partial charge in [-0.25, -0.2) is 0 Å². The molecule has 2 aliphatic rings. The predicted molar refractivity (Wildman–Crippen MR) is 88.5 cm³/mol. The van der Waals surface area contributed by atoms with E-state index in [0.29, 0.717) is 10.5 Å². The van der Waals surface area contributed by atoms with Crippen LogP contribution in [0.2, 0.25) is 0 Å². The number of thioether (sulfide) groups is 2. The first-order valence-corrected chi connectivity index (χ1v) is 9.17. The van der Waals surface area contributed by atoms with Crippen LogP contribution in [-0.4, -0.2) is 28.1 Å². The minimum Gasteiger partial charge on any atom is -0.493 e. The number of nitrogens with one attached hydrogen (secondary N) is 1. The van der Waals surface area contributed by atoms with Gasteiger partial charge in [0.15, 0.2) is 0 Å². The number of benzene rings is 1. The summed E-state index contributed by atoms with van der Waals surface area (Å²) in [5.41, 5.74) is 5.65. The minimum atomic E-state index is 0.216. The topological polar surface area (TPSA) is 47.3 Å². The van der Waals surface area contributed by atoms with Crippen molar-refractivity contribution in [1.82, 2.24) is 5.43 Å². The molecular weight excluding hydrogens is 288 g/mol. The van der Waals surface area contributed by atoms with Crippen LogP contribution in [-0.2, 0) is 6.42 Å². The van der Waals surface area contributed by atoms with Crippen LogP contribution in [0.15, 0.2) is 18.2 Å². The predicted octanol–water partition coefficient (Wildman–Crippen LogP) is 2.75. The van der Waals surface area contributed by atoms with Gasteiger partial charge in [-0.05, 0) is 17.2 Å². The van der Waals surface area contributed by atoms with E-state index < -0.39 is 0 Å². The quantitative estimate of drug-likeness (QED) is 0.664. The summed E-state index contributed by atoms with van der Waals surface area (Å²) in [5.74, 6) is 8.05. The van der Waals surface area contributed by atoms with Crippen molar-refractivity contribution in [2.24, 2.45) is 5.84 Å². The largest absolute Gasteiger partial charge is 0.493 e. The van der Waals surface area contributed by atoms with E-state index in [1.54, 1.807) is 0 Å². The molecule has 1 aromatic carbocycles. The van der Waals surface area contributed by atoms with E-state index in [-0.39, 0.29) is 6.04 Å². The fourth-order valence-corrected chi connectivity index (χ4v) is 5.90. The Hall–Kier alpha value is -0.360. The number of hydrogen-bond donors (Lipinski definition) is 2. The number of ether oxygens (including phenoxy) is 1. The molecule has 5 heteroatoms. The zero-order valence-corrected chi connectivity index (χ0v) is 13.6. The molecule has 4 unspecified atom stereocenters. The summed E-state index contributed by atoms with van der Waals surface area (Å²) in [4.78, 5) is 0. The molecule has 0 amide bonds. The first-order chi connectivity index (χ1) is 9.69. The van der Waals surface area contributed by atoms with E-state index >= 15 is 0 Å². The summed E-state index contributed by atoms with van der Waals surface area (Å²) >= 11 is 4.12. The van der Waals surface area contributed by atoms with E-state index in [2.05, 4.69) is 61.0 Å². The molecule has 1 saturated heterocycles. The standard InChI is InChI=1S/C15H22N2OS2/c1-9-10(2)20-14(8-19-9)15(17-16)12-3-4-13-11(7-12)5-6-18-13/h3-4,7,9-10,14-15,17H,5-6,8,16H2,1-2H3. The van der Waals surface area contributed by atoms with Gasteiger partial charge in [0.05, 0.1) is 12.6 Å². The molecule has 1 aromatic rings. The second-order valence-electron chi connectivity index (χ2n) is 5.53. The zero-order chi connectivity index (χ0) is 14.1. The van der Waals surface area contributed by atoms with Crippen molar-refractivity contribution in [3.63, 3.8) is 0 Å². The summed E-state index contributed by atoms with van der Waals surface area (Å²) < 4.78 is 5.58. The Kier molecular flexibility index (Phi) is 4.50. The molecule has 0 aromatic heterocycles. The fourth-order valence-electron chi connectivity index (χ4n) is 2.80. The Morgan fingerprint density at radius 1 is 1.35 bits per heavy atom. The van der Waals surface area contributed by atoms with E-state index in [1.165, 1.54) is 11.1 Å². The summed E-state index contributed by atoms with van der Waals surface area (Å²) in [6.45, 7) is 5.44. The van der Waals surface area contributed by atoms with Crippen LogP contribution in [0.4, 0.5) is 0 Å². The fraction of sp³-hybridized carbons (Fsp3) is 0.600. The molecule has 0 spiro atoms. The van der Waals surface area contributed by atoms with E-state index in [4.69, 9.17) is 10.6 Å². The maximum Gasteiger partial charge on any atom is 0.122 e. The van der Waals surface area contributed by atoms with Crippen LogP contribution in [0, 0.1) is 0 Å². The van der Waals surface area contributed by atoms with Gasteiger partial charge in [0, 0.05) is 27.9 Å². The normalized spacial score (nSPS) is 30.6. The van der Waals surface area contributed by atoms with Crippen molar-refractivity contribution >= 4 is 23.5 Å². The van der Waals surface area contributed by atoms with Gasteiger partial charge in [0.1, 0.15) is 5.75 Å². The summed E-state index contributed by atoms with van der Waals surface area (Å²) in [6, 6.07) is 6.73. The van der Waals surface area contributed by atoms with Crippen LogP contribution in [0.25, 0.3) is 0 Å². The lowest BCUT2D eigenvalue weighted by molar-refractivity contribution is 0.356. The minimum absolute atomic E-state index is 0.216. The lowest BCUT2D eigenvalue weighted by Gasteiger charge is -2.35. The first-order valence-electron chi connectivity index (χ1n) is 7.18. The molecular formula is C15H22N2OS2. The third kappa shape index (κ3) is 2.82. The third-order valence-electron chi connectivity index (χ3n) is 4.20. The average Bonchev–Trinajstić information content (AvgIpc) is 2.91. The van der Waals surface area contributed by atoms with Crippen LogP contribution in [0.5, 0.6) is 5.75 Å². The Morgan fingerprint density at radius 3 is 2.95 bits per heavy atom. The molecule has 0 radical (unpaired) electrons. The number of fused-ring (bicyclic) bond motifs is 1. The van der Waals surface area contributed by atoms with Gasteiger partial charge in [-0.2, -0.15) is 23.5 Å². The maximum absolute atomic E-state index is 5.86. The van der Waals surface area contributed by atoms with Gasteiger partial charge in [0.25, 0.3) is 0 Å². The highest BCUT2D eigenvalue weighted by molar-refractivity contribution is 8.07. The molecule has 4 atom stereocenters. The smallest absolute Gasteiger partial charge is 0.122 e. The second-order valence-corrected chi connectivity index (χ2v) is 8.56. The lowest BCUT2D eigenvalue weighted by atomic mass is 10.0. The molecule has 3 N–H and O–H groups in total. The molecule has 110 valence electrons. The van der Waals surface area contributed by atoms with Crippen LogP contribution in [0.3, 0.4) is 0 Å². The molecule has 0 bridgehead atoms. The van der Waals surface area contributed by atoms with Crippen molar-refractivity contribution in [3.8, 4) is 5.75 Å². The maximum atomic E-state index is 5.86. The van der Waals surface area contributed by atoms with Crippen molar-refractivity contribution < 1.29 is 4.74 Å². The van der Waals surface area contributed by atoms with Gasteiger partial charge in [-0.3, -0.25) is 11.3 Å². The van der Waals surface area contributed by atoms with Crippen LogP contribution < -0.4 is 16.0 Å². The molecule has 0 saturated carbocycles. The van der Waals surface area contributed by atoms with Gasteiger partial charge in [0.2, 0.25) is 0 Å². The Morgan fingerprint density at radius 2 is 2.20 bits per heavy atom. The molecule has 20 heavy (non-hydrogen) atoms. The zero-order valence-electron chi connectivity index (χ0n) is 12.0. The van der Waals surface area contributed by atoms with Gasteiger partial charge in [-0.15, -0.1) is 0 Å². The Labute approximate surface area is 129 Å². The summed E-state index contributed by atoms with van der Waals surface area (Å²) in [6.07, 6.45) is 1.01. The number of hydrogen-bond acceptors (Lipinski definition) is 5. The molecule has 0 aliphatic carbocycles. The van der Waals surface area contributed by atoms with Crippen molar-refractivity contribution in [3.05, 3.63) is 29.3 Å². The van der Waals surface area contributed by atoms with Crippen molar-refractivity contribution in [2.45, 2.75) is 42.1 Å². The lowest BCUT2D eigenvalue weighted by Crippen LogP contribution is -2.40. The van der Waals surface area contributed by atoms with Crippen molar-refractivity contribution in [2.75, 3.05) is 12.4 Å². The highest BCUT2D eigenvalue weighted by Crippen LogP contribution is 2.41. The summed E-state index contributed by atoms with van der Waals surface area (Å²) in [5, 5.41) is 1.92. The third-order valence-corrected chi connectivity index (χ3v) is 7.69. The van der Waals surface area contributed by atoms with Crippen LogP contribution in [0.1, 0.15) is 31.0 Å². The van der Waals surface area contributed by atoms with Crippen LogP contribution >= 0.6 is 23.5 Å².